The van der Waals surface area contributed by atoms with E-state index in [0.29, 0.717) is 22.4 Å². The van der Waals surface area contributed by atoms with Crippen molar-refractivity contribution in [1.82, 2.24) is 15.3 Å². The van der Waals surface area contributed by atoms with Gasteiger partial charge in [0.2, 0.25) is 0 Å². The Morgan fingerprint density at radius 2 is 1.75 bits per heavy atom. The van der Waals surface area contributed by atoms with Gasteiger partial charge >= 0.3 is 6.18 Å². The number of alkyl halides is 3. The summed E-state index contributed by atoms with van der Waals surface area (Å²) in [5.41, 5.74) is 1.13. The molecule has 0 spiro atoms. The number of halogens is 3. The van der Waals surface area contributed by atoms with Gasteiger partial charge in [-0.3, -0.25) is 4.79 Å². The first-order chi connectivity index (χ1) is 15.3. The topological polar surface area (TPSA) is 67.0 Å². The van der Waals surface area contributed by atoms with Crippen molar-refractivity contribution in [3.8, 4) is 5.75 Å². The minimum Gasteiger partial charge on any atom is -0.496 e. The zero-order valence-electron chi connectivity index (χ0n) is 16.9. The van der Waals surface area contributed by atoms with Crippen molar-refractivity contribution in [3.63, 3.8) is 0 Å². The fraction of sp³-hybridized carbons (Fsp3) is 0.0833. The highest BCUT2D eigenvalue weighted by molar-refractivity contribution is 6.02. The van der Waals surface area contributed by atoms with Crippen LogP contribution < -0.4 is 10.1 Å². The number of aromatic nitrogens is 2. The quantitative estimate of drug-likeness (QED) is 0.432. The summed E-state index contributed by atoms with van der Waals surface area (Å²) in [6.45, 7) is 0. The molecule has 8 heteroatoms. The van der Waals surface area contributed by atoms with E-state index >= 15 is 0 Å². The van der Waals surface area contributed by atoms with E-state index in [1.165, 1.54) is 13.2 Å². The lowest BCUT2D eigenvalue weighted by Gasteiger charge is -2.10. The third kappa shape index (κ3) is 4.49. The Bertz CT molecular complexity index is 1290. The lowest BCUT2D eigenvalue weighted by atomic mass is 10.1. The first-order valence-electron chi connectivity index (χ1n) is 9.63. The van der Waals surface area contributed by atoms with Crippen LogP contribution in [0, 0.1) is 0 Å². The maximum atomic E-state index is 13.1. The number of carbonyl (C=O) groups is 1. The van der Waals surface area contributed by atoms with Crippen LogP contribution >= 0.6 is 0 Å². The van der Waals surface area contributed by atoms with E-state index in [2.05, 4.69) is 15.3 Å². The molecular weight excluding hydrogens is 419 g/mol. The number of methoxy groups -OCH3 is 1. The van der Waals surface area contributed by atoms with Crippen molar-refractivity contribution in [2.24, 2.45) is 0 Å². The molecule has 0 aliphatic carbocycles. The van der Waals surface area contributed by atoms with Crippen LogP contribution in [-0.4, -0.2) is 23.0 Å². The molecule has 162 valence electrons. The zero-order chi connectivity index (χ0) is 22.7. The number of nitrogens with zero attached hydrogens (tertiary/aromatic N) is 1. The summed E-state index contributed by atoms with van der Waals surface area (Å²) in [5.74, 6) is 0.395. The minimum absolute atomic E-state index is 0.203. The first-order valence-corrected chi connectivity index (χ1v) is 9.63. The largest absolute Gasteiger partial charge is 0.496 e. The van der Waals surface area contributed by atoms with Crippen molar-refractivity contribution in [1.29, 1.82) is 0 Å². The number of benzene rings is 3. The summed E-state index contributed by atoms with van der Waals surface area (Å²) in [4.78, 5) is 20.1. The number of aromatic amines is 1. The number of imidazole rings is 1. The molecule has 4 rings (SSSR count). The highest BCUT2D eigenvalue weighted by Gasteiger charge is 2.30. The van der Waals surface area contributed by atoms with Gasteiger partial charge in [-0.25, -0.2) is 4.98 Å². The highest BCUT2D eigenvalue weighted by Crippen LogP contribution is 2.31. The second-order valence-corrected chi connectivity index (χ2v) is 6.94. The molecule has 0 saturated carbocycles. The predicted molar refractivity (Wildman–Crippen MR) is 116 cm³/mol. The van der Waals surface area contributed by atoms with E-state index in [1.807, 2.05) is 0 Å². The molecule has 4 aromatic rings. The van der Waals surface area contributed by atoms with Gasteiger partial charge < -0.3 is 15.0 Å². The van der Waals surface area contributed by atoms with Crippen LogP contribution in [0.15, 0.2) is 72.8 Å². The first kappa shape index (κ1) is 21.2. The predicted octanol–water partition coefficient (Wildman–Crippen LogP) is 5.52. The molecule has 0 atom stereocenters. The maximum absolute atomic E-state index is 13.1. The molecule has 0 aliphatic rings. The maximum Gasteiger partial charge on any atom is 0.416 e. The average molecular weight is 437 g/mol. The number of fused-ring (bicyclic) bond motifs is 1. The number of hydrogen-bond acceptors (Lipinski definition) is 3. The molecule has 1 aromatic heterocycles. The van der Waals surface area contributed by atoms with Gasteiger partial charge in [0, 0.05) is 11.1 Å². The molecule has 1 heterocycles. The molecule has 3 aromatic carbocycles. The third-order valence-corrected chi connectivity index (χ3v) is 4.79. The molecule has 32 heavy (non-hydrogen) atoms. The standard InChI is InChI=1S/C24H18F3N3O2/c1-32-21-10-6-5-9-16(21)13-20(30-23(31)15-7-3-2-4-8-15)22-28-18-12-11-17(24(25,26)27)14-19(18)29-22/h2-14H,1H3,(H,28,29)(H,30,31). The van der Waals surface area contributed by atoms with E-state index in [-0.39, 0.29) is 22.9 Å². The third-order valence-electron chi connectivity index (χ3n) is 4.79. The molecule has 0 radical (unpaired) electrons. The molecule has 0 fully saturated rings. The number of amides is 1. The van der Waals surface area contributed by atoms with Gasteiger partial charge in [0.25, 0.3) is 5.91 Å². The Balaban J connectivity index is 1.80. The number of H-pyrrole nitrogens is 1. The van der Waals surface area contributed by atoms with Gasteiger partial charge in [0.15, 0.2) is 5.82 Å². The monoisotopic (exact) mass is 437 g/mol. The summed E-state index contributed by atoms with van der Waals surface area (Å²) in [5, 5.41) is 2.81. The van der Waals surface area contributed by atoms with Gasteiger partial charge in [-0.2, -0.15) is 13.2 Å². The van der Waals surface area contributed by atoms with Gasteiger partial charge in [-0.1, -0.05) is 36.4 Å². The molecule has 0 bridgehead atoms. The Morgan fingerprint density at radius 3 is 2.47 bits per heavy atom. The van der Waals surface area contributed by atoms with E-state index in [9.17, 15) is 18.0 Å². The van der Waals surface area contributed by atoms with Gasteiger partial charge in [0.05, 0.1) is 29.4 Å². The van der Waals surface area contributed by atoms with Crippen molar-refractivity contribution >= 4 is 28.7 Å². The molecule has 0 aliphatic heterocycles. The van der Waals surface area contributed by atoms with Crippen LogP contribution in [0.2, 0.25) is 0 Å². The van der Waals surface area contributed by atoms with Crippen LogP contribution in [0.25, 0.3) is 22.8 Å². The van der Waals surface area contributed by atoms with E-state index in [1.54, 1.807) is 60.7 Å². The van der Waals surface area contributed by atoms with E-state index in [0.717, 1.165) is 12.1 Å². The Morgan fingerprint density at radius 1 is 1.03 bits per heavy atom. The molecule has 0 unspecified atom stereocenters. The molecule has 0 saturated heterocycles. The molecule has 1 amide bonds. The van der Waals surface area contributed by atoms with Gasteiger partial charge in [-0.05, 0) is 42.5 Å². The average Bonchev–Trinajstić information content (AvgIpc) is 3.22. The fourth-order valence-electron chi connectivity index (χ4n) is 3.20. The number of nitrogens with one attached hydrogen (secondary N) is 2. The van der Waals surface area contributed by atoms with E-state index in [4.69, 9.17) is 4.74 Å². The SMILES string of the molecule is COc1ccccc1C=C(NC(=O)c1ccccc1)c1nc2ccc(C(F)(F)F)cc2[nH]1. The Labute approximate surface area is 181 Å². The van der Waals surface area contributed by atoms with Crippen molar-refractivity contribution in [3.05, 3.63) is 95.3 Å². The Hall–Kier alpha value is -4.07. The van der Waals surface area contributed by atoms with Gasteiger partial charge in [-0.15, -0.1) is 0 Å². The number of hydrogen-bond donors (Lipinski definition) is 2. The van der Waals surface area contributed by atoms with Gasteiger partial charge in [0.1, 0.15) is 5.75 Å². The van der Waals surface area contributed by atoms with Crippen LogP contribution in [0.3, 0.4) is 0 Å². The second kappa shape index (κ2) is 8.58. The smallest absolute Gasteiger partial charge is 0.416 e. The second-order valence-electron chi connectivity index (χ2n) is 6.94. The van der Waals surface area contributed by atoms with Crippen molar-refractivity contribution in [2.75, 3.05) is 7.11 Å². The fourth-order valence-corrected chi connectivity index (χ4v) is 3.20. The molecule has 2 N–H and O–H groups in total. The number of ether oxygens (including phenoxy) is 1. The zero-order valence-corrected chi connectivity index (χ0v) is 16.9. The molecular formula is C24H18F3N3O2. The van der Waals surface area contributed by atoms with Crippen molar-refractivity contribution < 1.29 is 22.7 Å². The van der Waals surface area contributed by atoms with Crippen LogP contribution in [0.5, 0.6) is 5.75 Å². The van der Waals surface area contributed by atoms with Crippen LogP contribution in [0.4, 0.5) is 13.2 Å². The number of para-hydroxylation sites is 1. The lowest BCUT2D eigenvalue weighted by molar-refractivity contribution is -0.137. The number of rotatable bonds is 5. The van der Waals surface area contributed by atoms with Crippen LogP contribution in [0.1, 0.15) is 27.3 Å². The number of carbonyl (C=O) groups excluding carboxylic acids is 1. The summed E-state index contributed by atoms with van der Waals surface area (Å²) in [7, 11) is 1.52. The summed E-state index contributed by atoms with van der Waals surface area (Å²) >= 11 is 0. The molecule has 5 nitrogen and oxygen atoms in total. The summed E-state index contributed by atoms with van der Waals surface area (Å²) < 4.78 is 44.7. The summed E-state index contributed by atoms with van der Waals surface area (Å²) in [6.07, 6.45) is -2.82. The lowest BCUT2D eigenvalue weighted by Crippen LogP contribution is -2.22. The Kier molecular flexibility index (Phi) is 5.68. The summed E-state index contributed by atoms with van der Waals surface area (Å²) in [6, 6.07) is 19.0. The minimum atomic E-state index is -4.48. The van der Waals surface area contributed by atoms with E-state index < -0.39 is 11.7 Å². The van der Waals surface area contributed by atoms with Crippen LogP contribution in [-0.2, 0) is 6.18 Å². The normalized spacial score (nSPS) is 12.1. The highest BCUT2D eigenvalue weighted by atomic mass is 19.4. The van der Waals surface area contributed by atoms with Crippen molar-refractivity contribution in [2.45, 2.75) is 6.18 Å².